The largest absolute Gasteiger partial charge is 0.494 e. The average molecular weight is 270 g/mol. The Hall–Kier alpha value is -1.87. The molecule has 0 saturated heterocycles. The van der Waals surface area contributed by atoms with Crippen molar-refractivity contribution in [3.8, 4) is 5.75 Å². The second kappa shape index (κ2) is 7.65. The zero-order valence-electron chi connectivity index (χ0n) is 12.2. The first-order valence-corrected chi connectivity index (χ1v) is 7.21. The van der Waals surface area contributed by atoms with Crippen LogP contribution in [0.15, 0.2) is 48.8 Å². The maximum atomic E-state index is 5.50. The van der Waals surface area contributed by atoms with Gasteiger partial charge in [0.25, 0.3) is 0 Å². The van der Waals surface area contributed by atoms with E-state index < -0.39 is 0 Å². The molecule has 0 amide bonds. The summed E-state index contributed by atoms with van der Waals surface area (Å²) in [4.78, 5) is 4.09. The number of nitrogens with zero attached hydrogens (tertiary/aromatic N) is 1. The fourth-order valence-corrected chi connectivity index (χ4v) is 2.20. The molecule has 3 heteroatoms. The molecule has 0 bridgehead atoms. The SMILES string of the molecule is CCCNC(c1ccncc1)c1ccc(OCC)cc1. The lowest BCUT2D eigenvalue weighted by molar-refractivity contribution is 0.340. The van der Waals surface area contributed by atoms with Crippen LogP contribution < -0.4 is 10.1 Å². The van der Waals surface area contributed by atoms with Crippen molar-refractivity contribution in [2.24, 2.45) is 0 Å². The zero-order chi connectivity index (χ0) is 14.2. The standard InChI is InChI=1S/C17H22N2O/c1-3-11-19-17(15-9-12-18-13-10-15)14-5-7-16(8-6-14)20-4-2/h5-10,12-13,17,19H,3-4,11H2,1-2H3. The van der Waals surface area contributed by atoms with E-state index in [1.54, 1.807) is 0 Å². The summed E-state index contributed by atoms with van der Waals surface area (Å²) in [6.45, 7) is 5.85. The molecule has 0 saturated carbocycles. The average Bonchev–Trinajstić information content (AvgIpc) is 2.51. The summed E-state index contributed by atoms with van der Waals surface area (Å²) < 4.78 is 5.50. The molecule has 2 rings (SSSR count). The highest BCUT2D eigenvalue weighted by Gasteiger charge is 2.12. The number of hydrogen-bond donors (Lipinski definition) is 1. The normalized spacial score (nSPS) is 12.1. The van der Waals surface area contributed by atoms with Crippen LogP contribution in [0.25, 0.3) is 0 Å². The maximum absolute atomic E-state index is 5.50. The Morgan fingerprint density at radius 1 is 1.00 bits per heavy atom. The van der Waals surface area contributed by atoms with Gasteiger partial charge in [0.05, 0.1) is 12.6 Å². The Labute approximate surface area is 121 Å². The van der Waals surface area contributed by atoms with Crippen LogP contribution in [0.4, 0.5) is 0 Å². The number of hydrogen-bond acceptors (Lipinski definition) is 3. The summed E-state index contributed by atoms with van der Waals surface area (Å²) in [5.41, 5.74) is 2.48. The zero-order valence-corrected chi connectivity index (χ0v) is 12.2. The Balaban J connectivity index is 2.22. The third-order valence-electron chi connectivity index (χ3n) is 3.16. The predicted octanol–water partition coefficient (Wildman–Crippen LogP) is 3.57. The summed E-state index contributed by atoms with van der Waals surface area (Å²) in [5.74, 6) is 0.917. The van der Waals surface area contributed by atoms with Gasteiger partial charge in [-0.3, -0.25) is 4.98 Å². The molecule has 0 radical (unpaired) electrons. The number of benzene rings is 1. The van der Waals surface area contributed by atoms with E-state index >= 15 is 0 Å². The first kappa shape index (κ1) is 14.5. The van der Waals surface area contributed by atoms with Crippen molar-refractivity contribution in [2.75, 3.05) is 13.2 Å². The van der Waals surface area contributed by atoms with Crippen LogP contribution in [0, 0.1) is 0 Å². The van der Waals surface area contributed by atoms with Crippen molar-refractivity contribution < 1.29 is 4.74 Å². The predicted molar refractivity (Wildman–Crippen MR) is 82.0 cm³/mol. The lowest BCUT2D eigenvalue weighted by Crippen LogP contribution is -2.23. The van der Waals surface area contributed by atoms with E-state index in [2.05, 4.69) is 41.5 Å². The third kappa shape index (κ3) is 3.81. The second-order valence-corrected chi connectivity index (χ2v) is 4.67. The van der Waals surface area contributed by atoms with Crippen LogP contribution in [0.1, 0.15) is 37.4 Å². The van der Waals surface area contributed by atoms with Gasteiger partial charge in [-0.2, -0.15) is 0 Å². The minimum absolute atomic E-state index is 0.202. The van der Waals surface area contributed by atoms with Gasteiger partial charge in [-0.25, -0.2) is 0 Å². The van der Waals surface area contributed by atoms with Crippen LogP contribution in [-0.2, 0) is 0 Å². The van der Waals surface area contributed by atoms with Crippen LogP contribution in [-0.4, -0.2) is 18.1 Å². The van der Waals surface area contributed by atoms with Crippen molar-refractivity contribution in [3.63, 3.8) is 0 Å². The summed E-state index contributed by atoms with van der Waals surface area (Å²) in [5, 5.41) is 3.58. The second-order valence-electron chi connectivity index (χ2n) is 4.67. The van der Waals surface area contributed by atoms with Gasteiger partial charge in [0.2, 0.25) is 0 Å². The smallest absolute Gasteiger partial charge is 0.119 e. The highest BCUT2D eigenvalue weighted by atomic mass is 16.5. The molecule has 1 aromatic heterocycles. The highest BCUT2D eigenvalue weighted by molar-refractivity contribution is 5.34. The minimum Gasteiger partial charge on any atom is -0.494 e. The molecule has 1 aromatic carbocycles. The first-order chi connectivity index (χ1) is 9.85. The monoisotopic (exact) mass is 270 g/mol. The Morgan fingerprint density at radius 3 is 2.25 bits per heavy atom. The molecule has 0 aliphatic heterocycles. The lowest BCUT2D eigenvalue weighted by atomic mass is 9.99. The van der Waals surface area contributed by atoms with Crippen molar-refractivity contribution in [2.45, 2.75) is 26.3 Å². The van der Waals surface area contributed by atoms with Crippen molar-refractivity contribution >= 4 is 0 Å². The van der Waals surface area contributed by atoms with Gasteiger partial charge in [-0.05, 0) is 55.3 Å². The van der Waals surface area contributed by atoms with Gasteiger partial charge in [0.15, 0.2) is 0 Å². The fraction of sp³-hybridized carbons (Fsp3) is 0.353. The van der Waals surface area contributed by atoms with Crippen molar-refractivity contribution in [3.05, 3.63) is 59.9 Å². The van der Waals surface area contributed by atoms with Gasteiger partial charge >= 0.3 is 0 Å². The van der Waals surface area contributed by atoms with Crippen molar-refractivity contribution in [1.82, 2.24) is 10.3 Å². The molecule has 2 aromatic rings. The van der Waals surface area contributed by atoms with Gasteiger partial charge in [0, 0.05) is 12.4 Å². The molecule has 106 valence electrons. The highest BCUT2D eigenvalue weighted by Crippen LogP contribution is 2.23. The number of rotatable bonds is 7. The van der Waals surface area contributed by atoms with Gasteiger partial charge in [-0.1, -0.05) is 19.1 Å². The number of aromatic nitrogens is 1. The topological polar surface area (TPSA) is 34.2 Å². The molecule has 0 spiro atoms. The summed E-state index contributed by atoms with van der Waals surface area (Å²) in [6, 6.07) is 12.6. The molecule has 1 N–H and O–H groups in total. The first-order valence-electron chi connectivity index (χ1n) is 7.21. The number of nitrogens with one attached hydrogen (secondary N) is 1. The van der Waals surface area contributed by atoms with E-state index in [1.807, 2.05) is 31.5 Å². The van der Waals surface area contributed by atoms with E-state index in [4.69, 9.17) is 4.74 Å². The summed E-state index contributed by atoms with van der Waals surface area (Å²) >= 11 is 0. The molecular formula is C17H22N2O. The van der Waals surface area contributed by atoms with E-state index in [9.17, 15) is 0 Å². The Morgan fingerprint density at radius 2 is 1.65 bits per heavy atom. The molecule has 0 aliphatic rings. The summed E-state index contributed by atoms with van der Waals surface area (Å²) in [7, 11) is 0. The van der Waals surface area contributed by atoms with Crippen LogP contribution >= 0.6 is 0 Å². The lowest BCUT2D eigenvalue weighted by Gasteiger charge is -2.19. The molecule has 0 aliphatic carbocycles. The molecule has 3 nitrogen and oxygen atoms in total. The Bertz CT molecular complexity index is 496. The van der Waals surface area contributed by atoms with Crippen LogP contribution in [0.5, 0.6) is 5.75 Å². The van der Waals surface area contributed by atoms with Crippen molar-refractivity contribution in [1.29, 1.82) is 0 Å². The molecule has 1 atom stereocenters. The molecular weight excluding hydrogens is 248 g/mol. The van der Waals surface area contributed by atoms with E-state index in [0.717, 1.165) is 18.7 Å². The van der Waals surface area contributed by atoms with Gasteiger partial charge in [0.1, 0.15) is 5.75 Å². The third-order valence-corrected chi connectivity index (χ3v) is 3.16. The van der Waals surface area contributed by atoms with E-state index in [1.165, 1.54) is 11.1 Å². The van der Waals surface area contributed by atoms with Crippen LogP contribution in [0.2, 0.25) is 0 Å². The Kier molecular flexibility index (Phi) is 5.56. The quantitative estimate of drug-likeness (QED) is 0.835. The van der Waals surface area contributed by atoms with Gasteiger partial charge in [-0.15, -0.1) is 0 Å². The number of pyridine rings is 1. The summed E-state index contributed by atoms with van der Waals surface area (Å²) in [6.07, 6.45) is 4.79. The number of ether oxygens (including phenoxy) is 1. The van der Waals surface area contributed by atoms with Crippen LogP contribution in [0.3, 0.4) is 0 Å². The van der Waals surface area contributed by atoms with E-state index in [-0.39, 0.29) is 6.04 Å². The molecule has 1 unspecified atom stereocenters. The van der Waals surface area contributed by atoms with E-state index in [0.29, 0.717) is 6.61 Å². The van der Waals surface area contributed by atoms with Gasteiger partial charge < -0.3 is 10.1 Å². The molecule has 1 heterocycles. The maximum Gasteiger partial charge on any atom is 0.119 e. The molecule has 20 heavy (non-hydrogen) atoms. The molecule has 0 fully saturated rings. The fourth-order valence-electron chi connectivity index (χ4n) is 2.20. The minimum atomic E-state index is 0.202.